The summed E-state index contributed by atoms with van der Waals surface area (Å²) >= 11 is 0. The van der Waals surface area contributed by atoms with E-state index in [0.717, 1.165) is 25.7 Å². The molecule has 1 atom stereocenters. The minimum Gasteiger partial charge on any atom is -0.356 e. The van der Waals surface area contributed by atoms with Gasteiger partial charge in [0.15, 0.2) is 0 Å². The number of rotatable bonds is 4. The molecule has 0 aromatic heterocycles. The van der Waals surface area contributed by atoms with Crippen LogP contribution in [0, 0.1) is 11.3 Å². The predicted octanol–water partition coefficient (Wildman–Crippen LogP) is 2.39. The summed E-state index contributed by atoms with van der Waals surface area (Å²) in [6.45, 7) is 3.16. The van der Waals surface area contributed by atoms with Crippen LogP contribution in [0.3, 0.4) is 0 Å². The molecular formula is C18H26N2O3S. The summed E-state index contributed by atoms with van der Waals surface area (Å²) in [6, 6.07) is 8.65. The van der Waals surface area contributed by atoms with E-state index < -0.39 is 10.0 Å². The molecule has 1 aliphatic carbocycles. The summed E-state index contributed by atoms with van der Waals surface area (Å²) < 4.78 is 27.6. The van der Waals surface area contributed by atoms with E-state index in [1.165, 1.54) is 13.3 Å². The van der Waals surface area contributed by atoms with E-state index >= 15 is 0 Å². The largest absolute Gasteiger partial charge is 0.356 e. The normalized spacial score (nSPS) is 24.1. The monoisotopic (exact) mass is 350 g/mol. The smallest absolute Gasteiger partial charge is 0.243 e. The summed E-state index contributed by atoms with van der Waals surface area (Å²) in [5.41, 5.74) is 0.0164. The Kier molecular flexibility index (Phi) is 4.97. The molecule has 1 unspecified atom stereocenters. The number of hydrogen-bond acceptors (Lipinski definition) is 3. The molecule has 1 amide bonds. The summed E-state index contributed by atoms with van der Waals surface area (Å²) in [5.74, 6) is 0.144. The predicted molar refractivity (Wildman–Crippen MR) is 92.9 cm³/mol. The van der Waals surface area contributed by atoms with Gasteiger partial charge in [-0.1, -0.05) is 37.5 Å². The maximum atomic E-state index is 13.0. The molecule has 1 saturated heterocycles. The fraction of sp³-hybridized carbons (Fsp3) is 0.611. The third-order valence-electron chi connectivity index (χ3n) is 5.61. The number of nitrogens with one attached hydrogen (secondary N) is 1. The second-order valence-electron chi connectivity index (χ2n) is 7.17. The first-order valence-electron chi connectivity index (χ1n) is 8.74. The Balaban J connectivity index is 1.85. The topological polar surface area (TPSA) is 66.5 Å². The summed E-state index contributed by atoms with van der Waals surface area (Å²) in [5, 5.41) is 2.91. The zero-order chi connectivity index (χ0) is 17.2. The quantitative estimate of drug-likeness (QED) is 0.907. The van der Waals surface area contributed by atoms with Crippen LogP contribution in [0.1, 0.15) is 39.0 Å². The van der Waals surface area contributed by atoms with Gasteiger partial charge in [-0.2, -0.15) is 4.31 Å². The first-order valence-corrected chi connectivity index (χ1v) is 10.2. The van der Waals surface area contributed by atoms with E-state index in [-0.39, 0.29) is 17.2 Å². The Labute approximate surface area is 144 Å². The van der Waals surface area contributed by atoms with E-state index in [0.29, 0.717) is 24.5 Å². The number of nitrogens with zero attached hydrogens (tertiary/aromatic N) is 1. The molecule has 1 saturated carbocycles. The Bertz CT molecular complexity index is 681. The molecule has 1 N–H and O–H groups in total. The highest BCUT2D eigenvalue weighted by Gasteiger charge is 2.49. The Morgan fingerprint density at radius 2 is 1.88 bits per heavy atom. The van der Waals surface area contributed by atoms with Gasteiger partial charge in [-0.3, -0.25) is 4.79 Å². The molecule has 2 aliphatic rings. The highest BCUT2D eigenvalue weighted by Crippen LogP contribution is 2.48. The summed E-state index contributed by atoms with van der Waals surface area (Å²) in [7, 11) is -3.46. The van der Waals surface area contributed by atoms with Gasteiger partial charge in [0.1, 0.15) is 0 Å². The van der Waals surface area contributed by atoms with E-state index in [2.05, 4.69) is 5.32 Å². The molecule has 0 radical (unpaired) electrons. The highest BCUT2D eigenvalue weighted by molar-refractivity contribution is 7.89. The van der Waals surface area contributed by atoms with Crippen LogP contribution in [0.5, 0.6) is 0 Å². The van der Waals surface area contributed by atoms with E-state index in [1.807, 2.05) is 6.07 Å². The molecule has 5 nitrogen and oxygen atoms in total. The van der Waals surface area contributed by atoms with Gasteiger partial charge in [-0.05, 0) is 36.3 Å². The highest BCUT2D eigenvalue weighted by atomic mass is 32.2. The van der Waals surface area contributed by atoms with Crippen LogP contribution in [0.2, 0.25) is 0 Å². The van der Waals surface area contributed by atoms with Crippen LogP contribution in [-0.4, -0.2) is 38.3 Å². The number of benzene rings is 1. The van der Waals surface area contributed by atoms with Crippen LogP contribution in [0.15, 0.2) is 35.2 Å². The van der Waals surface area contributed by atoms with Gasteiger partial charge in [-0.15, -0.1) is 0 Å². The first kappa shape index (κ1) is 17.4. The fourth-order valence-corrected chi connectivity index (χ4v) is 5.88. The van der Waals surface area contributed by atoms with Gasteiger partial charge in [0, 0.05) is 26.6 Å². The lowest BCUT2D eigenvalue weighted by Gasteiger charge is -2.38. The second-order valence-corrected chi connectivity index (χ2v) is 9.11. The number of carbonyl (C=O) groups excluding carboxylic acids is 1. The minimum absolute atomic E-state index is 0.0164. The molecule has 1 aromatic rings. The molecule has 132 valence electrons. The van der Waals surface area contributed by atoms with Crippen molar-refractivity contribution in [3.8, 4) is 0 Å². The van der Waals surface area contributed by atoms with Gasteiger partial charge in [0.05, 0.1) is 4.90 Å². The molecule has 3 rings (SSSR count). The lowest BCUT2D eigenvalue weighted by Crippen LogP contribution is -2.39. The van der Waals surface area contributed by atoms with Gasteiger partial charge in [0.2, 0.25) is 15.9 Å². The molecule has 24 heavy (non-hydrogen) atoms. The third-order valence-corrected chi connectivity index (χ3v) is 7.43. The standard InChI is InChI=1S/C18H26N2O3S/c1-15(21)19-12-16-13-20(14-18(16)10-6-3-7-11-18)24(22,23)17-8-4-2-5-9-17/h2,4-5,8-9,16H,3,6-7,10-14H2,1H3,(H,19,21). The SMILES string of the molecule is CC(=O)NCC1CN(S(=O)(=O)c2ccccc2)CC12CCCCC2. The summed E-state index contributed by atoms with van der Waals surface area (Å²) in [6.07, 6.45) is 5.63. The van der Waals surface area contributed by atoms with Crippen molar-refractivity contribution in [1.29, 1.82) is 0 Å². The molecule has 0 bridgehead atoms. The molecular weight excluding hydrogens is 324 g/mol. The maximum Gasteiger partial charge on any atom is 0.243 e. The summed E-state index contributed by atoms with van der Waals surface area (Å²) in [4.78, 5) is 11.7. The van der Waals surface area contributed by atoms with Crippen molar-refractivity contribution in [1.82, 2.24) is 9.62 Å². The molecule has 1 spiro atoms. The van der Waals surface area contributed by atoms with Crippen LogP contribution in [0.4, 0.5) is 0 Å². The van der Waals surface area contributed by atoms with Crippen molar-refractivity contribution < 1.29 is 13.2 Å². The van der Waals surface area contributed by atoms with Crippen LogP contribution < -0.4 is 5.32 Å². The van der Waals surface area contributed by atoms with Crippen molar-refractivity contribution in [2.45, 2.75) is 43.9 Å². The van der Waals surface area contributed by atoms with Crippen LogP contribution in [0.25, 0.3) is 0 Å². The maximum absolute atomic E-state index is 13.0. The average Bonchev–Trinajstić information content (AvgIpc) is 2.93. The Morgan fingerprint density at radius 1 is 1.21 bits per heavy atom. The van der Waals surface area contributed by atoms with Crippen molar-refractivity contribution in [3.63, 3.8) is 0 Å². The Hall–Kier alpha value is -1.40. The lowest BCUT2D eigenvalue weighted by atomic mass is 9.68. The lowest BCUT2D eigenvalue weighted by molar-refractivity contribution is -0.119. The van der Waals surface area contributed by atoms with Crippen LogP contribution in [-0.2, 0) is 14.8 Å². The molecule has 1 aromatic carbocycles. The molecule has 2 fully saturated rings. The van der Waals surface area contributed by atoms with Gasteiger partial charge < -0.3 is 5.32 Å². The van der Waals surface area contributed by atoms with Gasteiger partial charge in [-0.25, -0.2) is 8.42 Å². The molecule has 1 heterocycles. The van der Waals surface area contributed by atoms with E-state index in [4.69, 9.17) is 0 Å². The molecule has 6 heteroatoms. The minimum atomic E-state index is -3.46. The zero-order valence-corrected chi connectivity index (χ0v) is 15.0. The van der Waals surface area contributed by atoms with E-state index in [1.54, 1.807) is 28.6 Å². The number of amides is 1. The van der Waals surface area contributed by atoms with Crippen molar-refractivity contribution in [2.75, 3.05) is 19.6 Å². The Morgan fingerprint density at radius 3 is 2.50 bits per heavy atom. The van der Waals surface area contributed by atoms with Gasteiger partial charge in [0.25, 0.3) is 0 Å². The zero-order valence-electron chi connectivity index (χ0n) is 14.2. The van der Waals surface area contributed by atoms with Crippen molar-refractivity contribution in [3.05, 3.63) is 30.3 Å². The van der Waals surface area contributed by atoms with E-state index in [9.17, 15) is 13.2 Å². The van der Waals surface area contributed by atoms with Crippen molar-refractivity contribution in [2.24, 2.45) is 11.3 Å². The van der Waals surface area contributed by atoms with Gasteiger partial charge >= 0.3 is 0 Å². The average molecular weight is 350 g/mol. The van der Waals surface area contributed by atoms with Crippen LogP contribution >= 0.6 is 0 Å². The second kappa shape index (κ2) is 6.84. The number of hydrogen-bond donors (Lipinski definition) is 1. The first-order chi connectivity index (χ1) is 11.4. The molecule has 1 aliphatic heterocycles. The number of carbonyl (C=O) groups is 1. The third kappa shape index (κ3) is 3.35. The van der Waals surface area contributed by atoms with Crippen molar-refractivity contribution >= 4 is 15.9 Å². The fourth-order valence-electron chi connectivity index (χ4n) is 4.28. The number of sulfonamides is 1.